The predicted molar refractivity (Wildman–Crippen MR) is 51.1 cm³/mol. The lowest BCUT2D eigenvalue weighted by Gasteiger charge is -2.05. The summed E-state index contributed by atoms with van der Waals surface area (Å²) >= 11 is 5.42. The molecule has 1 aromatic rings. The second kappa shape index (κ2) is 4.48. The van der Waals surface area contributed by atoms with E-state index in [1.54, 1.807) is 17.0 Å². The third-order valence-electron chi connectivity index (χ3n) is 1.84. The van der Waals surface area contributed by atoms with Gasteiger partial charge in [-0.05, 0) is 6.92 Å². The second-order valence-electron chi connectivity index (χ2n) is 2.83. The van der Waals surface area contributed by atoms with E-state index >= 15 is 0 Å². The molecule has 1 N–H and O–H groups in total. The van der Waals surface area contributed by atoms with Gasteiger partial charge in [-0.2, -0.15) is 0 Å². The molecular weight excluding hydrogens is 192 g/mol. The molecule has 0 fully saturated rings. The number of aliphatic hydroxyl groups excluding tert-OH is 1. The first-order valence-corrected chi connectivity index (χ1v) is 4.72. The maximum atomic E-state index is 11.4. The zero-order chi connectivity index (χ0) is 9.84. The van der Waals surface area contributed by atoms with Crippen molar-refractivity contribution in [2.45, 2.75) is 26.1 Å². The first-order chi connectivity index (χ1) is 6.19. The van der Waals surface area contributed by atoms with Crippen molar-refractivity contribution in [3.8, 4) is 0 Å². The van der Waals surface area contributed by atoms with Gasteiger partial charge in [0, 0.05) is 18.9 Å². The Morgan fingerprint density at radius 1 is 1.54 bits per heavy atom. The van der Waals surface area contributed by atoms with Crippen molar-refractivity contribution in [1.29, 1.82) is 0 Å². The summed E-state index contributed by atoms with van der Waals surface area (Å²) in [5, 5.41) is 9.22. The number of aliphatic hydroxyl groups is 1. The number of aromatic nitrogens is 2. The van der Waals surface area contributed by atoms with Gasteiger partial charge in [0.15, 0.2) is 0 Å². The molecule has 0 aliphatic carbocycles. The number of nitrogens with zero attached hydrogens (tertiary/aromatic N) is 2. The second-order valence-corrected chi connectivity index (χ2v) is 3.14. The number of halogens is 1. The van der Waals surface area contributed by atoms with Crippen molar-refractivity contribution < 1.29 is 5.11 Å². The van der Waals surface area contributed by atoms with Crippen LogP contribution in [0.15, 0.2) is 17.2 Å². The number of hydrogen-bond acceptors (Lipinski definition) is 2. The van der Waals surface area contributed by atoms with Gasteiger partial charge in [0.1, 0.15) is 0 Å². The highest BCUT2D eigenvalue weighted by molar-refractivity contribution is 6.18. The van der Waals surface area contributed by atoms with Crippen LogP contribution < -0.4 is 5.69 Å². The Bertz CT molecular complexity index is 318. The van der Waals surface area contributed by atoms with Gasteiger partial charge < -0.3 is 5.11 Å². The van der Waals surface area contributed by atoms with Crippen LogP contribution >= 0.6 is 11.6 Å². The summed E-state index contributed by atoms with van der Waals surface area (Å²) in [6, 6.07) is 0. The summed E-state index contributed by atoms with van der Waals surface area (Å²) in [6.07, 6.45) is 2.69. The number of hydrogen-bond donors (Lipinski definition) is 1. The molecule has 0 saturated heterocycles. The number of aryl methyl sites for hydroxylation is 1. The molecule has 0 radical (unpaired) electrons. The van der Waals surface area contributed by atoms with Gasteiger partial charge >= 0.3 is 5.69 Å². The van der Waals surface area contributed by atoms with Gasteiger partial charge in [-0.15, -0.1) is 11.6 Å². The summed E-state index contributed by atoms with van der Waals surface area (Å²) in [4.78, 5) is 11.4. The molecule has 0 aliphatic rings. The monoisotopic (exact) mass is 204 g/mol. The molecule has 0 aromatic carbocycles. The molecule has 1 atom stereocenters. The topological polar surface area (TPSA) is 47.2 Å². The molecule has 0 saturated carbocycles. The third kappa shape index (κ3) is 2.35. The smallest absolute Gasteiger partial charge is 0.328 e. The average molecular weight is 205 g/mol. The van der Waals surface area contributed by atoms with Gasteiger partial charge in [0.2, 0.25) is 0 Å². The normalized spacial score (nSPS) is 13.2. The lowest BCUT2D eigenvalue weighted by atomic mass is 10.4. The molecule has 1 aromatic heterocycles. The molecule has 1 rings (SSSR count). The van der Waals surface area contributed by atoms with E-state index in [-0.39, 0.29) is 18.1 Å². The largest absolute Gasteiger partial charge is 0.390 e. The molecule has 74 valence electrons. The van der Waals surface area contributed by atoms with Crippen LogP contribution in [0.25, 0.3) is 0 Å². The van der Waals surface area contributed by atoms with Crippen LogP contribution in [0.1, 0.15) is 6.92 Å². The third-order valence-corrected chi connectivity index (χ3v) is 2.20. The zero-order valence-electron chi connectivity index (χ0n) is 7.48. The first kappa shape index (κ1) is 10.3. The van der Waals surface area contributed by atoms with Crippen LogP contribution in [0, 0.1) is 0 Å². The van der Waals surface area contributed by atoms with Crippen molar-refractivity contribution in [2.24, 2.45) is 0 Å². The molecule has 1 heterocycles. The highest BCUT2D eigenvalue weighted by Crippen LogP contribution is 1.92. The van der Waals surface area contributed by atoms with Crippen molar-refractivity contribution in [1.82, 2.24) is 9.13 Å². The summed E-state index contributed by atoms with van der Waals surface area (Å²) in [5.74, 6) is 0.143. The number of rotatable bonds is 4. The molecule has 5 heteroatoms. The Morgan fingerprint density at radius 2 is 2.15 bits per heavy atom. The van der Waals surface area contributed by atoms with Crippen molar-refractivity contribution >= 4 is 11.6 Å². The van der Waals surface area contributed by atoms with E-state index in [2.05, 4.69) is 0 Å². The van der Waals surface area contributed by atoms with Crippen LogP contribution in [-0.2, 0) is 13.1 Å². The highest BCUT2D eigenvalue weighted by Gasteiger charge is 2.06. The zero-order valence-corrected chi connectivity index (χ0v) is 8.24. The van der Waals surface area contributed by atoms with Crippen molar-refractivity contribution in [3.63, 3.8) is 0 Å². The van der Waals surface area contributed by atoms with Gasteiger partial charge in [-0.1, -0.05) is 0 Å². The fourth-order valence-corrected chi connectivity index (χ4v) is 1.21. The first-order valence-electron chi connectivity index (χ1n) is 4.18. The summed E-state index contributed by atoms with van der Waals surface area (Å²) in [7, 11) is 0. The summed E-state index contributed by atoms with van der Waals surface area (Å²) < 4.78 is 3.03. The molecule has 0 aliphatic heterocycles. The van der Waals surface area contributed by atoms with E-state index in [0.717, 1.165) is 0 Å². The van der Waals surface area contributed by atoms with Gasteiger partial charge in [-0.3, -0.25) is 9.13 Å². The van der Waals surface area contributed by atoms with E-state index in [0.29, 0.717) is 6.54 Å². The SMILES string of the molecule is CCn1ccn(CC(O)CCl)c1=O. The van der Waals surface area contributed by atoms with Crippen LogP contribution in [0.3, 0.4) is 0 Å². The predicted octanol–water partition coefficient (Wildman–Crippen LogP) is 0.269. The molecule has 0 spiro atoms. The Morgan fingerprint density at radius 3 is 2.62 bits per heavy atom. The van der Waals surface area contributed by atoms with Crippen LogP contribution in [0.2, 0.25) is 0 Å². The Kier molecular flexibility index (Phi) is 3.57. The number of alkyl halides is 1. The Balaban J connectivity index is 2.78. The minimum Gasteiger partial charge on any atom is -0.390 e. The molecular formula is C8H13ClN2O2. The van der Waals surface area contributed by atoms with Gasteiger partial charge in [-0.25, -0.2) is 4.79 Å². The van der Waals surface area contributed by atoms with Crippen LogP contribution in [0.4, 0.5) is 0 Å². The lowest BCUT2D eigenvalue weighted by molar-refractivity contribution is 0.175. The minimum atomic E-state index is -0.660. The van der Waals surface area contributed by atoms with Gasteiger partial charge in [0.05, 0.1) is 18.5 Å². The molecule has 1 unspecified atom stereocenters. The van der Waals surface area contributed by atoms with E-state index in [1.807, 2.05) is 6.92 Å². The maximum Gasteiger partial charge on any atom is 0.328 e. The molecule has 4 nitrogen and oxygen atoms in total. The quantitative estimate of drug-likeness (QED) is 0.716. The molecule has 0 bridgehead atoms. The minimum absolute atomic E-state index is 0.105. The van der Waals surface area contributed by atoms with Crippen molar-refractivity contribution in [3.05, 3.63) is 22.9 Å². The van der Waals surface area contributed by atoms with E-state index in [1.165, 1.54) is 4.57 Å². The summed E-state index contributed by atoms with van der Waals surface area (Å²) in [6.45, 7) is 2.79. The van der Waals surface area contributed by atoms with Crippen molar-refractivity contribution in [2.75, 3.05) is 5.88 Å². The highest BCUT2D eigenvalue weighted by atomic mass is 35.5. The number of imidazole rings is 1. The fourth-order valence-electron chi connectivity index (χ4n) is 1.11. The van der Waals surface area contributed by atoms with Crippen LogP contribution in [-0.4, -0.2) is 26.2 Å². The Hall–Kier alpha value is -0.740. The maximum absolute atomic E-state index is 11.4. The fraction of sp³-hybridized carbons (Fsp3) is 0.625. The van der Waals surface area contributed by atoms with E-state index in [4.69, 9.17) is 11.6 Å². The summed E-state index contributed by atoms with van der Waals surface area (Å²) in [5.41, 5.74) is -0.105. The molecule has 13 heavy (non-hydrogen) atoms. The van der Waals surface area contributed by atoms with Gasteiger partial charge in [0.25, 0.3) is 0 Å². The standard InChI is InChI=1S/C8H13ClN2O2/c1-2-10-3-4-11(8(10)13)6-7(12)5-9/h3-4,7,12H,2,5-6H2,1H3. The van der Waals surface area contributed by atoms with Crippen LogP contribution in [0.5, 0.6) is 0 Å². The average Bonchev–Trinajstić information content (AvgIpc) is 2.48. The van der Waals surface area contributed by atoms with E-state index in [9.17, 15) is 9.90 Å². The lowest BCUT2D eigenvalue weighted by Crippen LogP contribution is -2.28. The van der Waals surface area contributed by atoms with E-state index < -0.39 is 6.10 Å². The Labute approximate surface area is 81.4 Å². The molecule has 0 amide bonds.